The van der Waals surface area contributed by atoms with Crippen LogP contribution in [0.5, 0.6) is 0 Å². The summed E-state index contributed by atoms with van der Waals surface area (Å²) in [6.07, 6.45) is 0.930. The molecule has 0 bridgehead atoms. The Morgan fingerprint density at radius 2 is 2.17 bits per heavy atom. The largest absolute Gasteiger partial charge is 0.342 e. The number of carbonyl (C=O) groups excluding carboxylic acids is 1. The number of hydrogen-bond acceptors (Lipinski definition) is 2. The Hall–Kier alpha value is -0.570. The summed E-state index contributed by atoms with van der Waals surface area (Å²) in [7, 11) is 2.13. The lowest BCUT2D eigenvalue weighted by Crippen LogP contribution is -2.58. The number of amides is 1. The minimum absolute atomic E-state index is 0.595. The first-order valence-electron chi connectivity index (χ1n) is 4.53. The van der Waals surface area contributed by atoms with Gasteiger partial charge in [-0.15, -0.1) is 0 Å². The molecular weight excluding hydrogens is 152 g/mol. The number of rotatable bonds is 4. The van der Waals surface area contributed by atoms with Gasteiger partial charge in [0.25, 0.3) is 0 Å². The molecule has 70 valence electrons. The third kappa shape index (κ3) is 2.21. The summed E-state index contributed by atoms with van der Waals surface area (Å²) in [6.45, 7) is 7.37. The third-order valence-corrected chi connectivity index (χ3v) is 2.32. The quantitative estimate of drug-likeness (QED) is 0.571. The molecule has 0 atom stereocenters. The van der Waals surface area contributed by atoms with Crippen LogP contribution >= 0.6 is 0 Å². The average molecular weight is 170 g/mol. The van der Waals surface area contributed by atoms with Gasteiger partial charge in [-0.3, -0.25) is 9.69 Å². The van der Waals surface area contributed by atoms with Crippen LogP contribution in [-0.2, 0) is 4.79 Å². The first kappa shape index (κ1) is 9.52. The molecule has 0 N–H and O–H groups in total. The zero-order valence-corrected chi connectivity index (χ0v) is 8.16. The van der Waals surface area contributed by atoms with E-state index in [1.165, 1.54) is 0 Å². The molecule has 1 rings (SSSR count). The van der Waals surface area contributed by atoms with Crippen molar-refractivity contribution >= 4 is 6.41 Å². The van der Waals surface area contributed by atoms with E-state index in [2.05, 4.69) is 25.8 Å². The topological polar surface area (TPSA) is 23.6 Å². The van der Waals surface area contributed by atoms with Gasteiger partial charge in [-0.05, 0) is 13.0 Å². The van der Waals surface area contributed by atoms with E-state index in [1.807, 2.05) is 4.90 Å². The monoisotopic (exact) mass is 170 g/mol. The highest BCUT2D eigenvalue weighted by molar-refractivity contribution is 5.49. The van der Waals surface area contributed by atoms with E-state index in [4.69, 9.17) is 0 Å². The second-order valence-corrected chi connectivity index (χ2v) is 4.05. The maximum Gasteiger partial charge on any atom is 0.209 e. The van der Waals surface area contributed by atoms with E-state index in [0.29, 0.717) is 12.0 Å². The van der Waals surface area contributed by atoms with E-state index >= 15 is 0 Å². The predicted octanol–water partition coefficient (Wildman–Crippen LogP) is 0.415. The smallest absolute Gasteiger partial charge is 0.209 e. The highest BCUT2D eigenvalue weighted by Crippen LogP contribution is 2.12. The fourth-order valence-electron chi connectivity index (χ4n) is 1.58. The molecule has 3 heteroatoms. The van der Waals surface area contributed by atoms with Crippen molar-refractivity contribution in [2.45, 2.75) is 19.9 Å². The molecule has 0 aliphatic carbocycles. The van der Waals surface area contributed by atoms with Gasteiger partial charge < -0.3 is 4.90 Å². The fraction of sp³-hybridized carbons (Fsp3) is 0.889. The van der Waals surface area contributed by atoms with Gasteiger partial charge in [0.15, 0.2) is 0 Å². The van der Waals surface area contributed by atoms with Crippen LogP contribution in [0.3, 0.4) is 0 Å². The average Bonchev–Trinajstić information content (AvgIpc) is 1.82. The van der Waals surface area contributed by atoms with Crippen molar-refractivity contribution in [3.8, 4) is 0 Å². The Morgan fingerprint density at radius 1 is 1.58 bits per heavy atom. The van der Waals surface area contributed by atoms with Crippen molar-refractivity contribution < 1.29 is 4.79 Å². The van der Waals surface area contributed by atoms with E-state index in [0.717, 1.165) is 26.0 Å². The van der Waals surface area contributed by atoms with Crippen molar-refractivity contribution in [3.05, 3.63) is 0 Å². The first-order valence-corrected chi connectivity index (χ1v) is 4.53. The molecule has 1 fully saturated rings. The van der Waals surface area contributed by atoms with Crippen LogP contribution in [0.25, 0.3) is 0 Å². The van der Waals surface area contributed by atoms with Crippen LogP contribution in [0.2, 0.25) is 0 Å². The summed E-state index contributed by atoms with van der Waals surface area (Å²) in [5.74, 6) is 0.709. The summed E-state index contributed by atoms with van der Waals surface area (Å²) in [5, 5.41) is 0. The van der Waals surface area contributed by atoms with Crippen molar-refractivity contribution in [1.82, 2.24) is 9.80 Å². The zero-order chi connectivity index (χ0) is 9.14. The van der Waals surface area contributed by atoms with Crippen LogP contribution in [-0.4, -0.2) is 48.9 Å². The number of likely N-dealkylation sites (tertiary alicyclic amines) is 1. The predicted molar refractivity (Wildman–Crippen MR) is 48.9 cm³/mol. The van der Waals surface area contributed by atoms with Gasteiger partial charge in [-0.25, -0.2) is 0 Å². The second-order valence-electron chi connectivity index (χ2n) is 4.05. The molecule has 1 saturated heterocycles. The van der Waals surface area contributed by atoms with Gasteiger partial charge in [-0.2, -0.15) is 0 Å². The number of likely N-dealkylation sites (N-methyl/N-ethyl adjacent to an activating group) is 1. The highest BCUT2D eigenvalue weighted by Gasteiger charge is 2.28. The zero-order valence-electron chi connectivity index (χ0n) is 8.16. The van der Waals surface area contributed by atoms with Crippen molar-refractivity contribution in [2.75, 3.05) is 26.7 Å². The van der Waals surface area contributed by atoms with Gasteiger partial charge >= 0.3 is 0 Å². The second kappa shape index (κ2) is 3.90. The lowest BCUT2D eigenvalue weighted by atomic mass is 10.1. The van der Waals surface area contributed by atoms with Crippen molar-refractivity contribution in [2.24, 2.45) is 5.92 Å². The van der Waals surface area contributed by atoms with Crippen LogP contribution in [0.4, 0.5) is 0 Å². The minimum atomic E-state index is 0.595. The Morgan fingerprint density at radius 3 is 2.58 bits per heavy atom. The summed E-state index contributed by atoms with van der Waals surface area (Å²) in [4.78, 5) is 14.4. The summed E-state index contributed by atoms with van der Waals surface area (Å²) in [6, 6.07) is 0.595. The molecule has 1 aliphatic heterocycles. The van der Waals surface area contributed by atoms with Crippen LogP contribution < -0.4 is 0 Å². The van der Waals surface area contributed by atoms with Gasteiger partial charge in [-0.1, -0.05) is 13.8 Å². The van der Waals surface area contributed by atoms with E-state index < -0.39 is 0 Å². The van der Waals surface area contributed by atoms with Gasteiger partial charge in [0.1, 0.15) is 0 Å². The maximum atomic E-state index is 10.3. The third-order valence-electron chi connectivity index (χ3n) is 2.32. The standard InChI is InChI=1S/C9H18N2O/c1-8(2)4-10(3)9-5-11(6-9)7-12/h7-9H,4-6H2,1-3H3. The van der Waals surface area contributed by atoms with Gasteiger partial charge in [0, 0.05) is 25.7 Å². The molecule has 0 radical (unpaired) electrons. The van der Waals surface area contributed by atoms with Crippen LogP contribution in [0, 0.1) is 5.92 Å². The number of hydrogen-bond donors (Lipinski definition) is 0. The highest BCUT2D eigenvalue weighted by atomic mass is 16.1. The molecule has 0 aromatic heterocycles. The molecular formula is C9H18N2O. The molecule has 3 nitrogen and oxygen atoms in total. The van der Waals surface area contributed by atoms with Crippen molar-refractivity contribution in [3.63, 3.8) is 0 Å². The van der Waals surface area contributed by atoms with Gasteiger partial charge in [0.05, 0.1) is 0 Å². The molecule has 0 saturated carbocycles. The minimum Gasteiger partial charge on any atom is -0.342 e. The summed E-state index contributed by atoms with van der Waals surface area (Å²) < 4.78 is 0. The maximum absolute atomic E-state index is 10.3. The molecule has 0 spiro atoms. The SMILES string of the molecule is CC(C)CN(C)C1CN(C=O)C1. The van der Waals surface area contributed by atoms with Crippen molar-refractivity contribution in [1.29, 1.82) is 0 Å². The van der Waals surface area contributed by atoms with E-state index in [-0.39, 0.29) is 0 Å². The van der Waals surface area contributed by atoms with Crippen LogP contribution in [0.1, 0.15) is 13.8 Å². The number of carbonyl (C=O) groups is 1. The lowest BCUT2D eigenvalue weighted by Gasteiger charge is -2.42. The van der Waals surface area contributed by atoms with E-state index in [9.17, 15) is 4.79 Å². The Labute approximate surface area is 74.3 Å². The molecule has 1 aliphatic rings. The fourth-order valence-corrected chi connectivity index (χ4v) is 1.58. The van der Waals surface area contributed by atoms with Gasteiger partial charge in [0.2, 0.25) is 6.41 Å². The summed E-state index contributed by atoms with van der Waals surface area (Å²) in [5.41, 5.74) is 0. The molecule has 12 heavy (non-hydrogen) atoms. The van der Waals surface area contributed by atoms with Crippen LogP contribution in [0.15, 0.2) is 0 Å². The molecule has 0 unspecified atom stereocenters. The van der Waals surface area contributed by atoms with E-state index in [1.54, 1.807) is 0 Å². The molecule has 1 amide bonds. The summed E-state index contributed by atoms with van der Waals surface area (Å²) >= 11 is 0. The Kier molecular flexibility index (Phi) is 3.09. The molecule has 1 heterocycles. The first-order chi connectivity index (χ1) is 5.63. The Balaban J connectivity index is 2.18. The Bertz CT molecular complexity index is 153. The molecule has 0 aromatic carbocycles. The lowest BCUT2D eigenvalue weighted by molar-refractivity contribution is -0.124. The molecule has 0 aromatic rings. The number of nitrogens with zero attached hydrogens (tertiary/aromatic N) is 2. The normalized spacial score (nSPS) is 18.6.